The van der Waals surface area contributed by atoms with E-state index in [9.17, 15) is 4.79 Å². The second-order valence-corrected chi connectivity index (χ2v) is 3.82. The van der Waals surface area contributed by atoms with Gasteiger partial charge in [-0.1, -0.05) is 6.42 Å². The molecule has 1 heterocycles. The van der Waals surface area contributed by atoms with Gasteiger partial charge in [0.15, 0.2) is 0 Å². The number of ether oxygens (including phenoxy) is 1. The van der Waals surface area contributed by atoms with E-state index >= 15 is 0 Å². The molecule has 0 aliphatic carbocycles. The van der Waals surface area contributed by atoms with Gasteiger partial charge in [-0.05, 0) is 33.2 Å². The van der Waals surface area contributed by atoms with Gasteiger partial charge < -0.3 is 10.1 Å². The maximum Gasteiger partial charge on any atom is 0.293 e. The van der Waals surface area contributed by atoms with Crippen LogP contribution in [-0.4, -0.2) is 24.7 Å². The third-order valence-electron chi connectivity index (χ3n) is 2.50. The molecule has 70 valence electrons. The van der Waals surface area contributed by atoms with E-state index in [0.717, 1.165) is 13.0 Å². The third-order valence-corrected chi connectivity index (χ3v) is 2.50. The minimum atomic E-state index is -0.359. The summed E-state index contributed by atoms with van der Waals surface area (Å²) in [6.07, 6.45) is 3.55. The normalized spacial score (nSPS) is 25.0. The van der Waals surface area contributed by atoms with E-state index in [0.29, 0.717) is 12.5 Å². The smallest absolute Gasteiger partial charge is 0.293 e. The minimum Gasteiger partial charge on any atom is -0.460 e. The van der Waals surface area contributed by atoms with E-state index < -0.39 is 0 Å². The molecule has 0 aromatic heterocycles. The molecule has 0 saturated carbocycles. The molecule has 1 rings (SSSR count). The molecule has 1 aliphatic heterocycles. The molecule has 1 N–H and O–H groups in total. The minimum absolute atomic E-state index is 0.316. The number of carbonyl (C=O) groups excluding carboxylic acids is 1. The monoisotopic (exact) mass is 171 g/mol. The zero-order chi connectivity index (χ0) is 9.03. The van der Waals surface area contributed by atoms with Crippen LogP contribution >= 0.6 is 0 Å². The summed E-state index contributed by atoms with van der Waals surface area (Å²) in [5.74, 6) is 0. The van der Waals surface area contributed by atoms with Gasteiger partial charge in [-0.2, -0.15) is 0 Å². The molecule has 0 aromatic carbocycles. The Hall–Kier alpha value is -0.570. The van der Waals surface area contributed by atoms with Crippen molar-refractivity contribution in [1.82, 2.24) is 5.32 Å². The van der Waals surface area contributed by atoms with Crippen molar-refractivity contribution in [3.63, 3.8) is 0 Å². The predicted molar refractivity (Wildman–Crippen MR) is 46.9 cm³/mol. The first-order valence-electron chi connectivity index (χ1n) is 4.51. The Labute approximate surface area is 73.5 Å². The largest absolute Gasteiger partial charge is 0.460 e. The van der Waals surface area contributed by atoms with Crippen LogP contribution in [0.15, 0.2) is 0 Å². The van der Waals surface area contributed by atoms with Gasteiger partial charge in [-0.3, -0.25) is 4.79 Å². The quantitative estimate of drug-likeness (QED) is 0.646. The molecule has 0 bridgehead atoms. The van der Waals surface area contributed by atoms with Gasteiger partial charge in [0.2, 0.25) is 0 Å². The SMILES string of the molecule is CC(C)(OC=O)C1CCCCN1. The fourth-order valence-electron chi connectivity index (χ4n) is 1.65. The van der Waals surface area contributed by atoms with Gasteiger partial charge in [0.05, 0.1) is 0 Å². The van der Waals surface area contributed by atoms with Crippen LogP contribution in [0.5, 0.6) is 0 Å². The highest BCUT2D eigenvalue weighted by Crippen LogP contribution is 2.21. The Kier molecular flexibility index (Phi) is 3.09. The summed E-state index contributed by atoms with van der Waals surface area (Å²) in [6.45, 7) is 5.47. The Morgan fingerprint density at radius 2 is 2.25 bits per heavy atom. The zero-order valence-corrected chi connectivity index (χ0v) is 7.80. The molecule has 1 aliphatic rings. The molecular weight excluding hydrogens is 154 g/mol. The predicted octanol–water partition coefficient (Wildman–Crippen LogP) is 1.08. The van der Waals surface area contributed by atoms with Crippen LogP contribution in [-0.2, 0) is 9.53 Å². The third kappa shape index (κ3) is 2.21. The van der Waals surface area contributed by atoms with Crippen LogP contribution in [0.1, 0.15) is 33.1 Å². The molecule has 0 aromatic rings. The van der Waals surface area contributed by atoms with Crippen LogP contribution in [0.3, 0.4) is 0 Å². The van der Waals surface area contributed by atoms with Crippen molar-refractivity contribution in [3.8, 4) is 0 Å². The van der Waals surface area contributed by atoms with Crippen LogP contribution in [0, 0.1) is 0 Å². The van der Waals surface area contributed by atoms with E-state index in [1.807, 2.05) is 13.8 Å². The average Bonchev–Trinajstić information content (AvgIpc) is 2.06. The lowest BCUT2D eigenvalue weighted by molar-refractivity contribution is -0.143. The second-order valence-electron chi connectivity index (χ2n) is 3.82. The molecule has 0 spiro atoms. The summed E-state index contributed by atoms with van der Waals surface area (Å²) in [5, 5.41) is 3.36. The summed E-state index contributed by atoms with van der Waals surface area (Å²) in [6, 6.07) is 0.316. The van der Waals surface area contributed by atoms with Crippen molar-refractivity contribution < 1.29 is 9.53 Å². The first kappa shape index (κ1) is 9.52. The molecule has 1 saturated heterocycles. The average molecular weight is 171 g/mol. The topological polar surface area (TPSA) is 38.3 Å². The Bertz CT molecular complexity index is 151. The van der Waals surface area contributed by atoms with Gasteiger partial charge in [-0.15, -0.1) is 0 Å². The van der Waals surface area contributed by atoms with Gasteiger partial charge >= 0.3 is 0 Å². The lowest BCUT2D eigenvalue weighted by Crippen LogP contribution is -2.50. The second kappa shape index (κ2) is 3.90. The molecule has 3 nitrogen and oxygen atoms in total. The number of hydrogen-bond acceptors (Lipinski definition) is 3. The summed E-state index contributed by atoms with van der Waals surface area (Å²) in [7, 11) is 0. The molecule has 0 radical (unpaired) electrons. The Morgan fingerprint density at radius 1 is 1.50 bits per heavy atom. The molecule has 1 fully saturated rings. The summed E-state index contributed by atoms with van der Waals surface area (Å²) >= 11 is 0. The van der Waals surface area contributed by atoms with E-state index in [-0.39, 0.29) is 5.60 Å². The fourth-order valence-corrected chi connectivity index (χ4v) is 1.65. The van der Waals surface area contributed by atoms with E-state index in [4.69, 9.17) is 4.74 Å². The van der Waals surface area contributed by atoms with Crippen molar-refractivity contribution in [2.45, 2.75) is 44.8 Å². The summed E-state index contributed by atoms with van der Waals surface area (Å²) < 4.78 is 5.03. The lowest BCUT2D eigenvalue weighted by Gasteiger charge is -2.35. The number of nitrogens with one attached hydrogen (secondary N) is 1. The number of piperidine rings is 1. The fraction of sp³-hybridized carbons (Fsp3) is 0.889. The highest BCUT2D eigenvalue weighted by atomic mass is 16.5. The van der Waals surface area contributed by atoms with Gasteiger partial charge in [0.25, 0.3) is 6.47 Å². The van der Waals surface area contributed by atoms with E-state index in [1.54, 1.807) is 0 Å². The van der Waals surface area contributed by atoms with Crippen molar-refractivity contribution >= 4 is 6.47 Å². The maximum atomic E-state index is 10.2. The Morgan fingerprint density at radius 3 is 2.75 bits per heavy atom. The highest BCUT2D eigenvalue weighted by molar-refractivity contribution is 5.38. The number of carbonyl (C=O) groups is 1. The van der Waals surface area contributed by atoms with Gasteiger partial charge in [0.1, 0.15) is 5.60 Å². The molecule has 0 amide bonds. The first-order valence-corrected chi connectivity index (χ1v) is 4.51. The maximum absolute atomic E-state index is 10.2. The standard InChI is InChI=1S/C9H17NO2/c1-9(2,12-7-11)8-5-3-4-6-10-8/h7-8,10H,3-6H2,1-2H3. The van der Waals surface area contributed by atoms with Gasteiger partial charge in [-0.25, -0.2) is 0 Å². The van der Waals surface area contributed by atoms with Crippen LogP contribution in [0.25, 0.3) is 0 Å². The molecule has 1 unspecified atom stereocenters. The van der Waals surface area contributed by atoms with Crippen LogP contribution in [0.2, 0.25) is 0 Å². The summed E-state index contributed by atoms with van der Waals surface area (Å²) in [4.78, 5) is 10.2. The number of rotatable bonds is 3. The first-order chi connectivity index (χ1) is 5.67. The molecule has 3 heteroatoms. The highest BCUT2D eigenvalue weighted by Gasteiger charge is 2.31. The zero-order valence-electron chi connectivity index (χ0n) is 7.80. The lowest BCUT2D eigenvalue weighted by atomic mass is 9.91. The van der Waals surface area contributed by atoms with Crippen molar-refractivity contribution in [1.29, 1.82) is 0 Å². The van der Waals surface area contributed by atoms with Crippen molar-refractivity contribution in [3.05, 3.63) is 0 Å². The Balaban J connectivity index is 2.47. The molecular formula is C9H17NO2. The van der Waals surface area contributed by atoms with Crippen molar-refractivity contribution in [2.75, 3.05) is 6.54 Å². The van der Waals surface area contributed by atoms with Gasteiger partial charge in [0, 0.05) is 6.04 Å². The van der Waals surface area contributed by atoms with Crippen LogP contribution < -0.4 is 5.32 Å². The van der Waals surface area contributed by atoms with E-state index in [1.165, 1.54) is 12.8 Å². The van der Waals surface area contributed by atoms with E-state index in [2.05, 4.69) is 5.32 Å². The molecule has 12 heavy (non-hydrogen) atoms. The number of hydrogen-bond donors (Lipinski definition) is 1. The van der Waals surface area contributed by atoms with Crippen molar-refractivity contribution in [2.24, 2.45) is 0 Å². The molecule has 1 atom stereocenters. The summed E-state index contributed by atoms with van der Waals surface area (Å²) in [5.41, 5.74) is -0.359. The van der Waals surface area contributed by atoms with Crippen LogP contribution in [0.4, 0.5) is 0 Å².